The summed E-state index contributed by atoms with van der Waals surface area (Å²) in [7, 11) is 0. The van der Waals surface area contributed by atoms with Gasteiger partial charge in [-0.05, 0) is 56.1 Å². The van der Waals surface area contributed by atoms with E-state index in [9.17, 15) is 9.18 Å². The molecule has 0 bridgehead atoms. The van der Waals surface area contributed by atoms with Crippen LogP contribution in [-0.2, 0) is 11.3 Å². The Hall–Kier alpha value is -2.69. The smallest absolute Gasteiger partial charge is 0.223 e. The molecule has 1 atom stereocenters. The van der Waals surface area contributed by atoms with Gasteiger partial charge in [0.25, 0.3) is 0 Å². The van der Waals surface area contributed by atoms with Crippen LogP contribution in [0.2, 0.25) is 5.02 Å². The number of benzene rings is 3. The van der Waals surface area contributed by atoms with E-state index in [0.29, 0.717) is 17.1 Å². The highest BCUT2D eigenvalue weighted by Gasteiger charge is 2.27. The average molecular weight is 451 g/mol. The van der Waals surface area contributed by atoms with E-state index >= 15 is 0 Å². The summed E-state index contributed by atoms with van der Waals surface area (Å²) in [6.07, 6.45) is 1.52. The van der Waals surface area contributed by atoms with Gasteiger partial charge in [0.15, 0.2) is 0 Å². The molecule has 32 heavy (non-hydrogen) atoms. The van der Waals surface area contributed by atoms with Crippen LogP contribution in [0.25, 0.3) is 0 Å². The summed E-state index contributed by atoms with van der Waals surface area (Å²) in [4.78, 5) is 15.4. The molecule has 5 heteroatoms. The van der Waals surface area contributed by atoms with Gasteiger partial charge in [-0.25, -0.2) is 4.39 Å². The molecule has 3 nitrogen and oxygen atoms in total. The molecule has 1 amide bonds. The van der Waals surface area contributed by atoms with Gasteiger partial charge in [-0.15, -0.1) is 0 Å². The summed E-state index contributed by atoms with van der Waals surface area (Å²) in [5.41, 5.74) is 3.96. The fourth-order valence-corrected chi connectivity index (χ4v) is 4.52. The molecule has 166 valence electrons. The number of rotatable bonds is 6. The molecular formula is C27H28ClFN2O. The molecule has 0 aromatic heterocycles. The lowest BCUT2D eigenvalue weighted by Crippen LogP contribution is -2.41. The number of halogens is 2. The normalized spacial score (nSPS) is 16.0. The Morgan fingerprint density at radius 3 is 2.44 bits per heavy atom. The van der Waals surface area contributed by atoms with Crippen molar-refractivity contribution in [3.05, 3.63) is 106 Å². The lowest BCUT2D eigenvalue weighted by molar-refractivity contribution is -0.127. The molecule has 1 aliphatic heterocycles. The second-order valence-corrected chi connectivity index (χ2v) is 8.99. The Kier molecular flexibility index (Phi) is 7.23. The number of hydrogen-bond acceptors (Lipinski definition) is 2. The SMILES string of the molecule is Cc1cccc([C@H](NC(=O)C2CCN(Cc3ccc(Cl)cc3F)CC2)c2ccccc2)c1. The van der Waals surface area contributed by atoms with Gasteiger partial charge < -0.3 is 5.32 Å². The second-order valence-electron chi connectivity index (χ2n) is 8.55. The van der Waals surface area contributed by atoms with E-state index < -0.39 is 0 Å². The number of nitrogens with zero attached hydrogens (tertiary/aromatic N) is 1. The Morgan fingerprint density at radius 2 is 1.75 bits per heavy atom. The van der Waals surface area contributed by atoms with Crippen LogP contribution in [-0.4, -0.2) is 23.9 Å². The van der Waals surface area contributed by atoms with Crippen LogP contribution >= 0.6 is 11.6 Å². The minimum Gasteiger partial charge on any atom is -0.345 e. The number of carbonyl (C=O) groups excluding carboxylic acids is 1. The fraction of sp³-hybridized carbons (Fsp3) is 0.296. The molecule has 0 aliphatic carbocycles. The Labute approximate surface area is 194 Å². The van der Waals surface area contributed by atoms with Gasteiger partial charge in [-0.1, -0.05) is 77.8 Å². The molecule has 3 aromatic rings. The zero-order valence-electron chi connectivity index (χ0n) is 18.2. The fourth-order valence-electron chi connectivity index (χ4n) is 4.36. The number of hydrogen-bond donors (Lipinski definition) is 1. The highest BCUT2D eigenvalue weighted by Crippen LogP contribution is 2.26. The quantitative estimate of drug-likeness (QED) is 0.506. The maximum absolute atomic E-state index is 14.1. The van der Waals surface area contributed by atoms with Crippen molar-refractivity contribution in [3.8, 4) is 0 Å². The van der Waals surface area contributed by atoms with Gasteiger partial charge in [0, 0.05) is 23.0 Å². The molecule has 4 rings (SSSR count). The van der Waals surface area contributed by atoms with Crippen LogP contribution in [0.4, 0.5) is 4.39 Å². The summed E-state index contributed by atoms with van der Waals surface area (Å²) in [5.74, 6) is -0.240. The second kappa shape index (κ2) is 10.3. The predicted molar refractivity (Wildman–Crippen MR) is 127 cm³/mol. The summed E-state index contributed by atoms with van der Waals surface area (Å²) in [5, 5.41) is 3.70. The van der Waals surface area contributed by atoms with Crippen LogP contribution in [0, 0.1) is 18.7 Å². The van der Waals surface area contributed by atoms with Crippen molar-refractivity contribution >= 4 is 17.5 Å². The zero-order valence-corrected chi connectivity index (χ0v) is 19.0. The van der Waals surface area contributed by atoms with Crippen LogP contribution in [0.5, 0.6) is 0 Å². The standard InChI is InChI=1S/C27H28ClFN2O/c1-19-6-5-9-22(16-19)26(20-7-3-2-4-8-20)30-27(32)21-12-14-31(15-13-21)18-23-10-11-24(28)17-25(23)29/h2-11,16-17,21,26H,12-15,18H2,1H3,(H,30,32)/t26-/m1/s1. The highest BCUT2D eigenvalue weighted by atomic mass is 35.5. The molecule has 0 radical (unpaired) electrons. The van der Waals surface area contributed by atoms with Gasteiger partial charge in [0.1, 0.15) is 5.82 Å². The lowest BCUT2D eigenvalue weighted by atomic mass is 9.93. The number of nitrogens with one attached hydrogen (secondary N) is 1. The van der Waals surface area contributed by atoms with Crippen LogP contribution in [0.15, 0.2) is 72.8 Å². The van der Waals surface area contributed by atoms with E-state index in [4.69, 9.17) is 11.6 Å². The first-order chi connectivity index (χ1) is 15.5. The third kappa shape index (κ3) is 5.56. The first-order valence-electron chi connectivity index (χ1n) is 11.1. The summed E-state index contributed by atoms with van der Waals surface area (Å²) in [6, 6.07) is 23.0. The molecular weight excluding hydrogens is 423 g/mol. The first-order valence-corrected chi connectivity index (χ1v) is 11.5. The predicted octanol–water partition coefficient (Wildman–Crippen LogP) is 5.91. The topological polar surface area (TPSA) is 32.3 Å². The number of carbonyl (C=O) groups is 1. The van der Waals surface area contributed by atoms with E-state index in [0.717, 1.165) is 37.1 Å². The molecule has 3 aromatic carbocycles. The number of amides is 1. The van der Waals surface area contributed by atoms with Gasteiger partial charge in [-0.3, -0.25) is 9.69 Å². The Morgan fingerprint density at radius 1 is 1.03 bits per heavy atom. The summed E-state index contributed by atoms with van der Waals surface area (Å²) in [6.45, 7) is 4.13. The molecule has 1 fully saturated rings. The number of piperidine rings is 1. The maximum atomic E-state index is 14.1. The van der Waals surface area contributed by atoms with Crippen molar-refractivity contribution in [2.24, 2.45) is 5.92 Å². The van der Waals surface area contributed by atoms with E-state index in [1.165, 1.54) is 11.6 Å². The maximum Gasteiger partial charge on any atom is 0.223 e. The van der Waals surface area contributed by atoms with Crippen molar-refractivity contribution in [2.45, 2.75) is 32.4 Å². The average Bonchev–Trinajstić information content (AvgIpc) is 2.80. The summed E-state index contributed by atoms with van der Waals surface area (Å²) >= 11 is 5.85. The molecule has 0 spiro atoms. The largest absolute Gasteiger partial charge is 0.345 e. The van der Waals surface area contributed by atoms with Gasteiger partial charge in [0.2, 0.25) is 5.91 Å². The van der Waals surface area contributed by atoms with E-state index in [-0.39, 0.29) is 23.7 Å². The monoisotopic (exact) mass is 450 g/mol. The van der Waals surface area contributed by atoms with Crippen molar-refractivity contribution in [1.29, 1.82) is 0 Å². The third-order valence-corrected chi connectivity index (χ3v) is 6.40. The van der Waals surface area contributed by atoms with Crippen LogP contribution in [0.1, 0.15) is 41.1 Å². The Bertz CT molecular complexity index is 1060. The Balaban J connectivity index is 1.40. The minimum atomic E-state index is -0.277. The molecule has 0 unspecified atom stereocenters. The minimum absolute atomic E-state index is 0.0441. The van der Waals surface area contributed by atoms with Crippen molar-refractivity contribution in [3.63, 3.8) is 0 Å². The van der Waals surface area contributed by atoms with E-state index in [2.05, 4.69) is 47.5 Å². The number of aryl methyl sites for hydroxylation is 1. The van der Waals surface area contributed by atoms with Crippen molar-refractivity contribution in [2.75, 3.05) is 13.1 Å². The zero-order chi connectivity index (χ0) is 22.5. The van der Waals surface area contributed by atoms with Crippen molar-refractivity contribution in [1.82, 2.24) is 10.2 Å². The molecule has 1 heterocycles. The van der Waals surface area contributed by atoms with Gasteiger partial charge in [0.05, 0.1) is 6.04 Å². The van der Waals surface area contributed by atoms with Gasteiger partial charge in [-0.2, -0.15) is 0 Å². The lowest BCUT2D eigenvalue weighted by Gasteiger charge is -2.32. The number of likely N-dealkylation sites (tertiary alicyclic amines) is 1. The highest BCUT2D eigenvalue weighted by molar-refractivity contribution is 6.30. The summed E-state index contributed by atoms with van der Waals surface area (Å²) < 4.78 is 14.1. The van der Waals surface area contributed by atoms with Gasteiger partial charge >= 0.3 is 0 Å². The molecule has 1 saturated heterocycles. The van der Waals surface area contributed by atoms with Crippen molar-refractivity contribution < 1.29 is 9.18 Å². The van der Waals surface area contributed by atoms with Crippen LogP contribution in [0.3, 0.4) is 0 Å². The first kappa shape index (κ1) is 22.5. The van der Waals surface area contributed by atoms with E-state index in [1.807, 2.05) is 24.3 Å². The van der Waals surface area contributed by atoms with Crippen LogP contribution < -0.4 is 5.32 Å². The third-order valence-electron chi connectivity index (χ3n) is 6.16. The van der Waals surface area contributed by atoms with E-state index in [1.54, 1.807) is 12.1 Å². The molecule has 1 N–H and O–H groups in total. The molecule has 0 saturated carbocycles. The molecule has 1 aliphatic rings.